The zero-order valence-corrected chi connectivity index (χ0v) is 39.7. The summed E-state index contributed by atoms with van der Waals surface area (Å²) < 4.78 is 21.6. The highest BCUT2D eigenvalue weighted by Gasteiger charge is 2.22. The third-order valence-corrected chi connectivity index (χ3v) is 15.0. The minimum Gasteiger partial charge on any atom is -0.456 e. The van der Waals surface area contributed by atoms with E-state index < -0.39 is 0 Å². The third kappa shape index (κ3) is 7.03. The van der Waals surface area contributed by atoms with E-state index in [4.69, 9.17) is 13.3 Å². The van der Waals surface area contributed by atoms with Crippen molar-refractivity contribution in [3.8, 4) is 39.1 Å². The summed E-state index contributed by atoms with van der Waals surface area (Å²) in [7, 11) is 0. The Balaban J connectivity index is 0.861. The number of benzene rings is 9. The van der Waals surface area contributed by atoms with Crippen LogP contribution in [0.4, 0.5) is 0 Å². The molecule has 0 atom stereocenters. The molecular weight excluding hydrogens is 843 g/mol. The Bertz CT molecular complexity index is 4130. The van der Waals surface area contributed by atoms with Gasteiger partial charge in [-0.3, -0.25) is 0 Å². The number of hydrogen-bond donors (Lipinski definition) is 0. The number of nitrogens with zero attached hydrogens (tertiary/aromatic N) is 1. The Morgan fingerprint density at radius 1 is 0.377 bits per heavy atom. The van der Waals surface area contributed by atoms with Crippen molar-refractivity contribution < 1.29 is 13.3 Å². The number of para-hydroxylation sites is 1. The summed E-state index contributed by atoms with van der Waals surface area (Å²) in [5.41, 5.74) is 18.5. The highest BCUT2D eigenvalue weighted by molar-refractivity contribution is 6.13. The van der Waals surface area contributed by atoms with E-state index in [1.165, 1.54) is 82.4 Å². The largest absolute Gasteiger partial charge is 0.456 e. The summed E-state index contributed by atoms with van der Waals surface area (Å²) in [6.45, 7) is 9.19. The lowest BCUT2D eigenvalue weighted by Crippen LogP contribution is -2.16. The van der Waals surface area contributed by atoms with Gasteiger partial charge in [-0.2, -0.15) is 0 Å². The van der Waals surface area contributed by atoms with Gasteiger partial charge in [-0.05, 0) is 167 Å². The number of aryl methyl sites for hydroxylation is 1. The summed E-state index contributed by atoms with van der Waals surface area (Å²) >= 11 is 0. The van der Waals surface area contributed by atoms with Gasteiger partial charge >= 0.3 is 0 Å². The SMILES string of the molecule is CCCCCCCC(C)(C)c1ccc2oc3ccc(-c4ccc5oc6cc(-c7ccc8c(c7)c7cc(-c9ccc%10oc%11ccc(C)cc%11c%10c9)ccc7n8-c7ccccc7)ccc6c5c4)cc3c2c1. The van der Waals surface area contributed by atoms with Gasteiger partial charge in [-0.1, -0.05) is 125 Å². The van der Waals surface area contributed by atoms with Crippen molar-refractivity contribution in [3.05, 3.63) is 187 Å². The smallest absolute Gasteiger partial charge is 0.136 e. The zero-order chi connectivity index (χ0) is 46.4. The van der Waals surface area contributed by atoms with Gasteiger partial charge in [0.1, 0.15) is 33.5 Å². The van der Waals surface area contributed by atoms with E-state index in [0.29, 0.717) is 0 Å². The van der Waals surface area contributed by atoms with Crippen molar-refractivity contribution in [2.75, 3.05) is 0 Å². The lowest BCUT2D eigenvalue weighted by molar-refractivity contribution is 0.444. The van der Waals surface area contributed by atoms with Gasteiger partial charge in [0.25, 0.3) is 0 Å². The number of fused-ring (bicyclic) bond motifs is 12. The van der Waals surface area contributed by atoms with E-state index in [1.54, 1.807) is 0 Å². The standard InChI is InChI=1S/C65H53NO3/c1-5-6-7-8-12-31-65(3,4)47-22-30-63-56(39-47)55-37-45(21-29-62(55)68-63)43-19-27-60-53(35-43)49-23-16-46(38-64(49)69-60)42-18-25-58-51(34-42)50-33-41(17-24-57(50)66(58)48-13-10-9-11-14-48)44-20-28-61-54(36-44)52-32-40(2)15-26-59(52)67-61/h9-11,13-30,32-39H,5-8,12,31H2,1-4H3. The van der Waals surface area contributed by atoms with Crippen LogP contribution in [0.25, 0.3) is 127 Å². The molecule has 4 heteroatoms. The number of rotatable bonds is 11. The first-order valence-electron chi connectivity index (χ1n) is 24.8. The van der Waals surface area contributed by atoms with Crippen LogP contribution < -0.4 is 0 Å². The Hall–Kier alpha value is -7.82. The second-order valence-electron chi connectivity index (χ2n) is 20.0. The maximum Gasteiger partial charge on any atom is 0.136 e. The van der Waals surface area contributed by atoms with E-state index in [0.717, 1.165) is 93.9 Å². The maximum atomic E-state index is 6.63. The second kappa shape index (κ2) is 16.2. The van der Waals surface area contributed by atoms with Gasteiger partial charge in [0.15, 0.2) is 0 Å². The highest BCUT2D eigenvalue weighted by atomic mass is 16.3. The number of aromatic nitrogens is 1. The summed E-state index contributed by atoms with van der Waals surface area (Å²) in [4.78, 5) is 0. The van der Waals surface area contributed by atoms with E-state index in [1.807, 2.05) is 0 Å². The van der Waals surface area contributed by atoms with Crippen molar-refractivity contribution in [1.82, 2.24) is 4.57 Å². The van der Waals surface area contributed by atoms with Crippen molar-refractivity contribution in [1.29, 1.82) is 0 Å². The Morgan fingerprint density at radius 2 is 0.826 bits per heavy atom. The van der Waals surface area contributed by atoms with E-state index in [-0.39, 0.29) is 5.41 Å². The number of furan rings is 3. The maximum absolute atomic E-state index is 6.63. The van der Waals surface area contributed by atoms with Crippen molar-refractivity contribution >= 4 is 87.6 Å². The lowest BCUT2D eigenvalue weighted by atomic mass is 9.79. The molecule has 9 aromatic carbocycles. The first kappa shape index (κ1) is 41.4. The molecule has 336 valence electrons. The molecule has 0 saturated carbocycles. The van der Waals surface area contributed by atoms with Crippen LogP contribution in [0, 0.1) is 6.92 Å². The van der Waals surface area contributed by atoms with Crippen LogP contribution in [0.3, 0.4) is 0 Å². The fraction of sp³-hybridized carbons (Fsp3) is 0.169. The second-order valence-corrected chi connectivity index (χ2v) is 20.0. The minimum absolute atomic E-state index is 0.0993. The van der Waals surface area contributed by atoms with Gasteiger partial charge in [0, 0.05) is 48.8 Å². The van der Waals surface area contributed by atoms with Gasteiger partial charge in [0.2, 0.25) is 0 Å². The van der Waals surface area contributed by atoms with E-state index >= 15 is 0 Å². The average molecular weight is 896 g/mol. The van der Waals surface area contributed by atoms with Crippen molar-refractivity contribution in [2.24, 2.45) is 0 Å². The van der Waals surface area contributed by atoms with Gasteiger partial charge in [-0.25, -0.2) is 0 Å². The minimum atomic E-state index is 0.0993. The molecule has 0 aliphatic heterocycles. The summed E-state index contributed by atoms with van der Waals surface area (Å²) in [5, 5.41) is 9.26. The molecule has 0 unspecified atom stereocenters. The predicted octanol–water partition coefficient (Wildman–Crippen LogP) is 19.4. The predicted molar refractivity (Wildman–Crippen MR) is 290 cm³/mol. The van der Waals surface area contributed by atoms with E-state index in [2.05, 4.69) is 208 Å². The molecular formula is C65H53NO3. The molecule has 4 aromatic heterocycles. The first-order chi connectivity index (χ1) is 33.8. The van der Waals surface area contributed by atoms with Crippen molar-refractivity contribution in [2.45, 2.75) is 71.6 Å². The molecule has 4 nitrogen and oxygen atoms in total. The number of unbranched alkanes of at least 4 members (excludes halogenated alkanes) is 4. The Labute approximate surface area is 401 Å². The molecule has 0 amide bonds. The molecule has 0 radical (unpaired) electrons. The van der Waals surface area contributed by atoms with Crippen LogP contribution in [-0.4, -0.2) is 4.57 Å². The molecule has 69 heavy (non-hydrogen) atoms. The normalized spacial score (nSPS) is 12.4. The molecule has 0 aliphatic rings. The molecule has 0 spiro atoms. The molecule has 0 saturated heterocycles. The van der Waals surface area contributed by atoms with Crippen LogP contribution in [0.5, 0.6) is 0 Å². The van der Waals surface area contributed by atoms with Crippen LogP contribution in [-0.2, 0) is 5.41 Å². The van der Waals surface area contributed by atoms with Crippen LogP contribution in [0.2, 0.25) is 0 Å². The van der Waals surface area contributed by atoms with Crippen LogP contribution in [0.15, 0.2) is 189 Å². The summed E-state index contributed by atoms with van der Waals surface area (Å²) in [6, 6.07) is 64.1. The summed E-state index contributed by atoms with van der Waals surface area (Å²) in [5.74, 6) is 0. The molecule has 0 N–H and O–H groups in total. The van der Waals surface area contributed by atoms with Gasteiger partial charge in [-0.15, -0.1) is 0 Å². The van der Waals surface area contributed by atoms with E-state index in [9.17, 15) is 0 Å². The lowest BCUT2D eigenvalue weighted by Gasteiger charge is -2.25. The first-order valence-corrected chi connectivity index (χ1v) is 24.8. The topological polar surface area (TPSA) is 44.4 Å². The Morgan fingerprint density at radius 3 is 1.42 bits per heavy atom. The summed E-state index contributed by atoms with van der Waals surface area (Å²) in [6.07, 6.45) is 7.68. The fourth-order valence-corrected chi connectivity index (χ4v) is 11.1. The average Bonchev–Trinajstić information content (AvgIpc) is 4.13. The molecule has 0 aliphatic carbocycles. The van der Waals surface area contributed by atoms with Crippen LogP contribution >= 0.6 is 0 Å². The number of hydrogen-bond acceptors (Lipinski definition) is 3. The van der Waals surface area contributed by atoms with Gasteiger partial charge in [0.05, 0.1) is 11.0 Å². The zero-order valence-electron chi connectivity index (χ0n) is 39.7. The molecule has 4 heterocycles. The van der Waals surface area contributed by atoms with Gasteiger partial charge < -0.3 is 17.8 Å². The van der Waals surface area contributed by atoms with Crippen LogP contribution in [0.1, 0.15) is 70.4 Å². The van der Waals surface area contributed by atoms with Crippen molar-refractivity contribution in [3.63, 3.8) is 0 Å². The molecule has 0 fully saturated rings. The quantitative estimate of drug-likeness (QED) is 0.122. The molecule has 0 bridgehead atoms. The highest BCUT2D eigenvalue weighted by Crippen LogP contribution is 2.42. The Kier molecular flexibility index (Phi) is 9.69. The monoisotopic (exact) mass is 895 g/mol. The third-order valence-electron chi connectivity index (χ3n) is 15.0. The fourth-order valence-electron chi connectivity index (χ4n) is 11.1. The molecule has 13 aromatic rings. The molecule has 13 rings (SSSR count).